The van der Waals surface area contributed by atoms with Gasteiger partial charge in [0.05, 0.1) is 0 Å². The molecular weight excluding hydrogens is 144 g/mol. The second kappa shape index (κ2) is 7.18. The molecule has 0 fully saturated rings. The summed E-state index contributed by atoms with van der Waals surface area (Å²) in [5.41, 5.74) is 4.62. The third kappa shape index (κ3) is 7.63. The van der Waals surface area contributed by atoms with Gasteiger partial charge in [-0.05, 0) is 44.3 Å². The van der Waals surface area contributed by atoms with E-state index in [0.717, 1.165) is 5.92 Å². The van der Waals surface area contributed by atoms with E-state index in [9.17, 15) is 0 Å². The lowest BCUT2D eigenvalue weighted by Crippen LogP contribution is -1.87. The second-order valence-corrected chi connectivity index (χ2v) is 3.85. The molecule has 0 saturated carbocycles. The standard InChI is InChI=1S/C12H22/c1-5-8-12(4)10-7-6-9-11(2)3/h5,11H,6-7,9-10H2,1-4H3. The molecule has 0 aromatic rings. The summed E-state index contributed by atoms with van der Waals surface area (Å²) in [6.07, 6.45) is 7.27. The Hall–Kier alpha value is -0.480. The first-order chi connectivity index (χ1) is 5.66. The van der Waals surface area contributed by atoms with Gasteiger partial charge in [0.1, 0.15) is 0 Å². The molecule has 0 radical (unpaired) electrons. The van der Waals surface area contributed by atoms with E-state index in [4.69, 9.17) is 0 Å². The van der Waals surface area contributed by atoms with E-state index in [1.807, 2.05) is 13.0 Å². The van der Waals surface area contributed by atoms with Gasteiger partial charge in [-0.25, -0.2) is 0 Å². The quantitative estimate of drug-likeness (QED) is 0.421. The molecule has 0 atom stereocenters. The molecule has 0 unspecified atom stereocenters. The zero-order chi connectivity index (χ0) is 9.40. The number of hydrogen-bond donors (Lipinski definition) is 0. The van der Waals surface area contributed by atoms with E-state index >= 15 is 0 Å². The van der Waals surface area contributed by atoms with Gasteiger partial charge in [0, 0.05) is 0 Å². The zero-order valence-corrected chi connectivity index (χ0v) is 8.98. The Morgan fingerprint density at radius 1 is 1.33 bits per heavy atom. The molecule has 0 N–H and O–H groups in total. The largest absolute Gasteiger partial charge is 0.127 e. The summed E-state index contributed by atoms with van der Waals surface area (Å²) in [6, 6.07) is 0. The molecule has 0 heterocycles. The first-order valence-electron chi connectivity index (χ1n) is 5.03. The van der Waals surface area contributed by atoms with Crippen molar-refractivity contribution in [1.29, 1.82) is 0 Å². The second-order valence-electron chi connectivity index (χ2n) is 3.85. The Morgan fingerprint density at radius 3 is 2.50 bits per heavy atom. The molecule has 0 aromatic carbocycles. The molecule has 0 aliphatic rings. The van der Waals surface area contributed by atoms with Gasteiger partial charge >= 0.3 is 0 Å². The average molecular weight is 166 g/mol. The normalized spacial score (nSPS) is 9.75. The monoisotopic (exact) mass is 166 g/mol. The van der Waals surface area contributed by atoms with Crippen molar-refractivity contribution in [3.63, 3.8) is 0 Å². The van der Waals surface area contributed by atoms with E-state index in [0.29, 0.717) is 0 Å². The minimum atomic E-state index is 0.857. The maximum absolute atomic E-state index is 3.23. The van der Waals surface area contributed by atoms with E-state index in [1.54, 1.807) is 0 Å². The fourth-order valence-electron chi connectivity index (χ4n) is 1.26. The van der Waals surface area contributed by atoms with Gasteiger partial charge in [-0.3, -0.25) is 0 Å². The van der Waals surface area contributed by atoms with Gasteiger partial charge in [0.25, 0.3) is 0 Å². The van der Waals surface area contributed by atoms with Crippen LogP contribution in [-0.4, -0.2) is 0 Å². The van der Waals surface area contributed by atoms with Crippen molar-refractivity contribution < 1.29 is 0 Å². The van der Waals surface area contributed by atoms with Gasteiger partial charge in [-0.1, -0.05) is 26.7 Å². The summed E-state index contributed by atoms with van der Waals surface area (Å²) in [6.45, 7) is 8.76. The number of rotatable bonds is 5. The Balaban J connectivity index is 3.38. The van der Waals surface area contributed by atoms with Crippen molar-refractivity contribution in [1.82, 2.24) is 0 Å². The predicted molar refractivity (Wildman–Crippen MR) is 56.3 cm³/mol. The van der Waals surface area contributed by atoms with Crippen LogP contribution in [0.2, 0.25) is 0 Å². The Bertz CT molecular complexity index is 157. The number of allylic oxidation sites excluding steroid dienone is 1. The highest BCUT2D eigenvalue weighted by atomic mass is 14.0. The summed E-state index contributed by atoms with van der Waals surface area (Å²) < 4.78 is 0. The third-order valence-corrected chi connectivity index (χ3v) is 1.97. The van der Waals surface area contributed by atoms with E-state index in [-0.39, 0.29) is 0 Å². The molecule has 0 amide bonds. The lowest BCUT2D eigenvalue weighted by molar-refractivity contribution is 0.537. The van der Waals surface area contributed by atoms with Crippen LogP contribution in [-0.2, 0) is 0 Å². The van der Waals surface area contributed by atoms with Gasteiger partial charge in [-0.15, -0.1) is 5.73 Å². The molecule has 70 valence electrons. The summed E-state index contributed by atoms with van der Waals surface area (Å²) in [4.78, 5) is 0. The van der Waals surface area contributed by atoms with Gasteiger partial charge in [0.15, 0.2) is 0 Å². The SMILES string of the molecule is CC=C=C(C)CCCCC(C)C. The third-order valence-electron chi connectivity index (χ3n) is 1.97. The molecule has 12 heavy (non-hydrogen) atoms. The molecule has 0 aliphatic heterocycles. The van der Waals surface area contributed by atoms with Gasteiger partial charge in [0.2, 0.25) is 0 Å². The first-order valence-corrected chi connectivity index (χ1v) is 5.03. The van der Waals surface area contributed by atoms with E-state index < -0.39 is 0 Å². The molecule has 0 aliphatic carbocycles. The Kier molecular flexibility index (Phi) is 6.90. The lowest BCUT2D eigenvalue weighted by Gasteiger charge is -2.03. The molecule has 0 bridgehead atoms. The molecule has 0 saturated heterocycles. The molecular formula is C12H22. The van der Waals surface area contributed by atoms with Crippen molar-refractivity contribution >= 4 is 0 Å². The molecule has 0 spiro atoms. The summed E-state index contributed by atoms with van der Waals surface area (Å²) >= 11 is 0. The van der Waals surface area contributed by atoms with Gasteiger partial charge in [-0.2, -0.15) is 0 Å². The van der Waals surface area contributed by atoms with Crippen LogP contribution >= 0.6 is 0 Å². The maximum Gasteiger partial charge on any atom is -0.0247 e. The number of unbranched alkanes of at least 4 members (excludes halogenated alkanes) is 1. The Labute approximate surface area is 77.4 Å². The predicted octanol–water partition coefficient (Wildman–Crippen LogP) is 4.32. The minimum absolute atomic E-state index is 0.857. The van der Waals surface area contributed by atoms with Crippen LogP contribution in [0.1, 0.15) is 53.4 Å². The van der Waals surface area contributed by atoms with Gasteiger partial charge < -0.3 is 0 Å². The highest BCUT2D eigenvalue weighted by molar-refractivity contribution is 4.96. The maximum atomic E-state index is 3.23. The van der Waals surface area contributed by atoms with Crippen molar-refractivity contribution in [2.24, 2.45) is 5.92 Å². The van der Waals surface area contributed by atoms with Crippen LogP contribution in [0, 0.1) is 5.92 Å². The van der Waals surface area contributed by atoms with Crippen LogP contribution in [0.4, 0.5) is 0 Å². The van der Waals surface area contributed by atoms with Crippen LogP contribution in [0.15, 0.2) is 17.4 Å². The summed E-state index contributed by atoms with van der Waals surface area (Å²) in [5, 5.41) is 0. The van der Waals surface area contributed by atoms with Crippen molar-refractivity contribution in [2.75, 3.05) is 0 Å². The van der Waals surface area contributed by atoms with E-state index in [2.05, 4.69) is 26.5 Å². The van der Waals surface area contributed by atoms with Crippen molar-refractivity contribution in [2.45, 2.75) is 53.4 Å². The smallest absolute Gasteiger partial charge is 0.0247 e. The highest BCUT2D eigenvalue weighted by Gasteiger charge is 1.94. The highest BCUT2D eigenvalue weighted by Crippen LogP contribution is 2.11. The van der Waals surface area contributed by atoms with E-state index in [1.165, 1.54) is 31.3 Å². The summed E-state index contributed by atoms with van der Waals surface area (Å²) in [7, 11) is 0. The topological polar surface area (TPSA) is 0 Å². The fraction of sp³-hybridized carbons (Fsp3) is 0.750. The number of hydrogen-bond acceptors (Lipinski definition) is 0. The van der Waals surface area contributed by atoms with Crippen LogP contribution < -0.4 is 0 Å². The van der Waals surface area contributed by atoms with Crippen LogP contribution in [0.3, 0.4) is 0 Å². The van der Waals surface area contributed by atoms with Crippen molar-refractivity contribution in [3.05, 3.63) is 17.4 Å². The fourth-order valence-corrected chi connectivity index (χ4v) is 1.26. The summed E-state index contributed by atoms with van der Waals surface area (Å²) in [5.74, 6) is 0.857. The molecule has 0 heteroatoms. The zero-order valence-electron chi connectivity index (χ0n) is 8.98. The molecule has 0 nitrogen and oxygen atoms in total. The van der Waals surface area contributed by atoms with Crippen LogP contribution in [0.5, 0.6) is 0 Å². The lowest BCUT2D eigenvalue weighted by atomic mass is 10.0. The average Bonchev–Trinajstić information content (AvgIpc) is 1.98. The molecule has 0 rings (SSSR count). The molecule has 0 aromatic heterocycles. The Morgan fingerprint density at radius 2 is 2.00 bits per heavy atom. The minimum Gasteiger partial charge on any atom is -0.127 e. The van der Waals surface area contributed by atoms with Crippen LogP contribution in [0.25, 0.3) is 0 Å². The first kappa shape index (κ1) is 11.5. The van der Waals surface area contributed by atoms with Crippen molar-refractivity contribution in [3.8, 4) is 0 Å².